The maximum absolute atomic E-state index is 12.7. The molecule has 0 aliphatic carbocycles. The van der Waals surface area contributed by atoms with Gasteiger partial charge in [0, 0.05) is 16.8 Å². The highest BCUT2D eigenvalue weighted by molar-refractivity contribution is 6.04. The lowest BCUT2D eigenvalue weighted by atomic mass is 10.1. The van der Waals surface area contributed by atoms with Gasteiger partial charge in [0.25, 0.3) is 5.91 Å². The second kappa shape index (κ2) is 8.16. The Kier molecular flexibility index (Phi) is 4.91. The molecule has 0 saturated carbocycles. The fourth-order valence-corrected chi connectivity index (χ4v) is 3.23. The number of aromatic nitrogens is 1. The van der Waals surface area contributed by atoms with Gasteiger partial charge in [-0.3, -0.25) is 4.79 Å². The maximum Gasteiger partial charge on any atom is 0.255 e. The van der Waals surface area contributed by atoms with Crippen molar-refractivity contribution in [2.45, 2.75) is 0 Å². The molecule has 0 aliphatic rings. The van der Waals surface area contributed by atoms with E-state index in [0.717, 1.165) is 22.4 Å². The monoisotopic (exact) mass is 406 g/mol. The molecule has 0 saturated heterocycles. The number of benzene rings is 4. The molecule has 0 unspecified atom stereocenters. The van der Waals surface area contributed by atoms with Crippen LogP contribution in [0.3, 0.4) is 0 Å². The number of nitrogens with one attached hydrogen (secondary N) is 1. The highest BCUT2D eigenvalue weighted by atomic mass is 16.5. The first-order chi connectivity index (χ1) is 15.2. The van der Waals surface area contributed by atoms with Gasteiger partial charge in [0.05, 0.1) is 0 Å². The third kappa shape index (κ3) is 4.16. The number of amides is 1. The van der Waals surface area contributed by atoms with Crippen LogP contribution < -0.4 is 10.1 Å². The number of para-hydroxylation sites is 3. The Morgan fingerprint density at radius 2 is 1.52 bits per heavy atom. The zero-order valence-electron chi connectivity index (χ0n) is 16.5. The fourth-order valence-electron chi connectivity index (χ4n) is 3.23. The summed E-state index contributed by atoms with van der Waals surface area (Å²) in [5.74, 6) is 1.72. The molecule has 0 bridgehead atoms. The van der Waals surface area contributed by atoms with Gasteiger partial charge >= 0.3 is 0 Å². The highest BCUT2D eigenvalue weighted by Gasteiger charge is 2.11. The van der Waals surface area contributed by atoms with Crippen LogP contribution in [0, 0.1) is 0 Å². The Bertz CT molecular complexity index is 1310. The van der Waals surface area contributed by atoms with Crippen molar-refractivity contribution in [2.24, 2.45) is 0 Å². The minimum atomic E-state index is -0.207. The minimum Gasteiger partial charge on any atom is -0.457 e. The van der Waals surface area contributed by atoms with Crippen LogP contribution in [0.2, 0.25) is 0 Å². The fraction of sp³-hybridized carbons (Fsp3) is 0. The zero-order chi connectivity index (χ0) is 21.0. The molecule has 5 nitrogen and oxygen atoms in total. The van der Waals surface area contributed by atoms with Gasteiger partial charge in [-0.15, -0.1) is 0 Å². The van der Waals surface area contributed by atoms with Gasteiger partial charge in [0.2, 0.25) is 5.89 Å². The van der Waals surface area contributed by atoms with Crippen LogP contribution in [0.15, 0.2) is 108 Å². The van der Waals surface area contributed by atoms with Gasteiger partial charge in [0.1, 0.15) is 17.0 Å². The molecule has 150 valence electrons. The van der Waals surface area contributed by atoms with Crippen LogP contribution in [0.5, 0.6) is 11.5 Å². The van der Waals surface area contributed by atoms with Crippen molar-refractivity contribution in [3.05, 3.63) is 109 Å². The third-order valence-electron chi connectivity index (χ3n) is 4.76. The van der Waals surface area contributed by atoms with E-state index in [2.05, 4.69) is 10.3 Å². The Hall–Kier alpha value is -4.38. The molecule has 4 aromatic carbocycles. The molecule has 31 heavy (non-hydrogen) atoms. The molecule has 1 aromatic heterocycles. The predicted octanol–water partition coefficient (Wildman–Crippen LogP) is 6.54. The van der Waals surface area contributed by atoms with E-state index < -0.39 is 0 Å². The van der Waals surface area contributed by atoms with Gasteiger partial charge in [-0.25, -0.2) is 4.98 Å². The summed E-state index contributed by atoms with van der Waals surface area (Å²) in [6, 6.07) is 31.6. The van der Waals surface area contributed by atoms with Gasteiger partial charge < -0.3 is 14.5 Å². The number of fused-ring (bicyclic) bond motifs is 1. The van der Waals surface area contributed by atoms with Gasteiger partial charge in [-0.2, -0.15) is 0 Å². The summed E-state index contributed by atoms with van der Waals surface area (Å²) < 4.78 is 11.6. The van der Waals surface area contributed by atoms with E-state index >= 15 is 0 Å². The third-order valence-corrected chi connectivity index (χ3v) is 4.76. The summed E-state index contributed by atoms with van der Waals surface area (Å²) in [4.78, 5) is 17.2. The standard InChI is InChI=1S/C26H18N2O3/c29-25(18-13-15-22(16-14-18)30-21-9-2-1-3-10-21)27-20-8-6-7-19(17-20)26-28-23-11-4-5-12-24(23)31-26/h1-17H,(H,27,29). The Balaban J connectivity index is 1.30. The van der Waals surface area contributed by atoms with Crippen molar-refractivity contribution in [3.63, 3.8) is 0 Å². The number of nitrogens with zero attached hydrogens (tertiary/aromatic N) is 1. The van der Waals surface area contributed by atoms with Crippen molar-refractivity contribution in [1.82, 2.24) is 4.98 Å². The maximum atomic E-state index is 12.7. The zero-order valence-corrected chi connectivity index (χ0v) is 16.5. The van der Waals surface area contributed by atoms with Crippen LogP contribution in [0.4, 0.5) is 5.69 Å². The van der Waals surface area contributed by atoms with Crippen molar-refractivity contribution >= 4 is 22.7 Å². The lowest BCUT2D eigenvalue weighted by molar-refractivity contribution is 0.102. The van der Waals surface area contributed by atoms with E-state index in [1.54, 1.807) is 24.3 Å². The molecule has 1 N–H and O–H groups in total. The van der Waals surface area contributed by atoms with Crippen molar-refractivity contribution < 1.29 is 13.9 Å². The number of anilines is 1. The molecule has 5 heteroatoms. The van der Waals surface area contributed by atoms with Crippen molar-refractivity contribution in [3.8, 4) is 23.0 Å². The molecule has 5 aromatic rings. The molecule has 0 fully saturated rings. The second-order valence-electron chi connectivity index (χ2n) is 6.96. The average molecular weight is 406 g/mol. The molecule has 1 amide bonds. The number of carbonyl (C=O) groups excluding carboxylic acids is 1. The minimum absolute atomic E-state index is 0.207. The van der Waals surface area contributed by atoms with E-state index in [4.69, 9.17) is 9.15 Å². The SMILES string of the molecule is O=C(Nc1cccc(-c2nc3ccccc3o2)c1)c1ccc(Oc2ccccc2)cc1. The second-order valence-corrected chi connectivity index (χ2v) is 6.96. The number of hydrogen-bond acceptors (Lipinski definition) is 4. The Morgan fingerprint density at radius 1 is 0.774 bits per heavy atom. The summed E-state index contributed by atoms with van der Waals surface area (Å²) in [5.41, 5.74) is 3.51. The van der Waals surface area contributed by atoms with Crippen LogP contribution in [-0.4, -0.2) is 10.9 Å². The Labute approximate surface area is 178 Å². The smallest absolute Gasteiger partial charge is 0.255 e. The normalized spacial score (nSPS) is 10.7. The topological polar surface area (TPSA) is 64.4 Å². The van der Waals surface area contributed by atoms with Gasteiger partial charge in [-0.05, 0) is 66.7 Å². The quantitative estimate of drug-likeness (QED) is 0.360. The predicted molar refractivity (Wildman–Crippen MR) is 120 cm³/mol. The molecule has 0 radical (unpaired) electrons. The van der Waals surface area contributed by atoms with Crippen molar-refractivity contribution in [1.29, 1.82) is 0 Å². The van der Waals surface area contributed by atoms with Crippen molar-refractivity contribution in [2.75, 3.05) is 5.32 Å². The largest absolute Gasteiger partial charge is 0.457 e. The number of oxazole rings is 1. The number of ether oxygens (including phenoxy) is 1. The molecule has 0 atom stereocenters. The first-order valence-electron chi connectivity index (χ1n) is 9.85. The molecular weight excluding hydrogens is 388 g/mol. The first-order valence-corrected chi connectivity index (χ1v) is 9.85. The number of carbonyl (C=O) groups is 1. The van der Waals surface area contributed by atoms with Gasteiger partial charge in [-0.1, -0.05) is 36.4 Å². The number of hydrogen-bond donors (Lipinski definition) is 1. The average Bonchev–Trinajstić information content (AvgIpc) is 3.25. The molecule has 0 spiro atoms. The van der Waals surface area contributed by atoms with E-state index in [0.29, 0.717) is 22.9 Å². The molecule has 5 rings (SSSR count). The summed E-state index contributed by atoms with van der Waals surface area (Å²) in [6.07, 6.45) is 0. The summed E-state index contributed by atoms with van der Waals surface area (Å²) >= 11 is 0. The first kappa shape index (κ1) is 18.6. The molecule has 0 aliphatic heterocycles. The molecular formula is C26H18N2O3. The summed E-state index contributed by atoms with van der Waals surface area (Å²) in [7, 11) is 0. The van der Waals surface area contributed by atoms with E-state index in [1.165, 1.54) is 0 Å². The summed E-state index contributed by atoms with van der Waals surface area (Å²) in [5, 5.41) is 2.92. The number of rotatable bonds is 5. The molecule has 1 heterocycles. The van der Waals surface area contributed by atoms with E-state index in [1.807, 2.05) is 78.9 Å². The lowest BCUT2D eigenvalue weighted by Gasteiger charge is -2.08. The lowest BCUT2D eigenvalue weighted by Crippen LogP contribution is -2.11. The van der Waals surface area contributed by atoms with Gasteiger partial charge in [0.15, 0.2) is 5.58 Å². The van der Waals surface area contributed by atoms with Crippen LogP contribution in [-0.2, 0) is 0 Å². The van der Waals surface area contributed by atoms with Crippen LogP contribution in [0.1, 0.15) is 10.4 Å². The van der Waals surface area contributed by atoms with E-state index in [9.17, 15) is 4.79 Å². The van der Waals surface area contributed by atoms with Crippen LogP contribution in [0.25, 0.3) is 22.6 Å². The van der Waals surface area contributed by atoms with E-state index in [-0.39, 0.29) is 5.91 Å². The summed E-state index contributed by atoms with van der Waals surface area (Å²) in [6.45, 7) is 0. The Morgan fingerprint density at radius 3 is 2.32 bits per heavy atom. The van der Waals surface area contributed by atoms with Crippen LogP contribution >= 0.6 is 0 Å². The highest BCUT2D eigenvalue weighted by Crippen LogP contribution is 2.26.